The van der Waals surface area contributed by atoms with Crippen molar-refractivity contribution < 1.29 is 14.0 Å². The second-order valence-electron chi connectivity index (χ2n) is 6.46. The van der Waals surface area contributed by atoms with Crippen LogP contribution in [0.4, 0.5) is 4.39 Å². The minimum atomic E-state index is -0.390. The Morgan fingerprint density at radius 3 is 2.75 bits per heavy atom. The molecule has 1 aromatic carbocycles. The van der Waals surface area contributed by atoms with E-state index in [4.69, 9.17) is 5.73 Å². The molecule has 24 heavy (non-hydrogen) atoms. The van der Waals surface area contributed by atoms with E-state index in [0.717, 1.165) is 6.42 Å². The number of hydrogen-bond donors (Lipinski definition) is 1. The molecule has 6 heteroatoms. The highest BCUT2D eigenvalue weighted by Gasteiger charge is 2.32. The van der Waals surface area contributed by atoms with Crippen LogP contribution in [0.5, 0.6) is 0 Å². The molecule has 1 fully saturated rings. The van der Waals surface area contributed by atoms with E-state index >= 15 is 0 Å². The number of aromatic nitrogens is 1. The standard InChI is InChI=1S/C18H20FN3O2/c1-10-7-15(14-6-5-13(19)8-16(14)21-10)18(24)22-9-12(17(20)23)4-3-11(22)2/h5-8,11-12H,3-4,9H2,1-2H3,(H2,20,23)/t11-,12+/m1/s1. The number of rotatable bonds is 2. The minimum Gasteiger partial charge on any atom is -0.369 e. The number of nitrogens with two attached hydrogens (primary N) is 1. The molecule has 0 bridgehead atoms. The molecule has 0 unspecified atom stereocenters. The van der Waals surface area contributed by atoms with Gasteiger partial charge in [0.2, 0.25) is 5.91 Å². The Morgan fingerprint density at radius 2 is 2.04 bits per heavy atom. The molecule has 126 valence electrons. The van der Waals surface area contributed by atoms with Gasteiger partial charge in [-0.05, 0) is 44.9 Å². The number of aryl methyl sites for hydroxylation is 1. The van der Waals surface area contributed by atoms with Crippen LogP contribution in [-0.4, -0.2) is 34.3 Å². The van der Waals surface area contributed by atoms with Crippen LogP contribution >= 0.6 is 0 Å². The minimum absolute atomic E-state index is 0.0251. The Balaban J connectivity index is 2.03. The molecule has 3 rings (SSSR count). The van der Waals surface area contributed by atoms with Gasteiger partial charge in [-0.15, -0.1) is 0 Å². The molecule has 0 saturated carbocycles. The number of primary amides is 1. The molecular weight excluding hydrogens is 309 g/mol. The van der Waals surface area contributed by atoms with Crippen molar-refractivity contribution in [2.24, 2.45) is 11.7 Å². The number of hydrogen-bond acceptors (Lipinski definition) is 3. The molecule has 1 saturated heterocycles. The second-order valence-corrected chi connectivity index (χ2v) is 6.46. The van der Waals surface area contributed by atoms with Gasteiger partial charge in [0.1, 0.15) is 5.82 Å². The monoisotopic (exact) mass is 329 g/mol. The number of pyridine rings is 1. The highest BCUT2D eigenvalue weighted by Crippen LogP contribution is 2.27. The van der Waals surface area contributed by atoms with E-state index in [1.165, 1.54) is 12.1 Å². The zero-order valence-electron chi connectivity index (χ0n) is 13.8. The lowest BCUT2D eigenvalue weighted by Crippen LogP contribution is -2.48. The number of fused-ring (bicyclic) bond motifs is 1. The molecule has 2 heterocycles. The Hall–Kier alpha value is -2.50. The molecule has 1 aliphatic rings. The summed E-state index contributed by atoms with van der Waals surface area (Å²) in [6, 6.07) is 5.96. The van der Waals surface area contributed by atoms with Crippen LogP contribution in [0.1, 0.15) is 35.8 Å². The summed E-state index contributed by atoms with van der Waals surface area (Å²) in [6.07, 6.45) is 1.43. The highest BCUT2D eigenvalue weighted by molar-refractivity contribution is 6.06. The Morgan fingerprint density at radius 1 is 1.29 bits per heavy atom. The van der Waals surface area contributed by atoms with Crippen LogP contribution in [0.15, 0.2) is 24.3 Å². The number of amides is 2. The Bertz CT molecular complexity index is 816. The van der Waals surface area contributed by atoms with E-state index in [0.29, 0.717) is 35.1 Å². The zero-order valence-corrected chi connectivity index (χ0v) is 13.8. The van der Waals surface area contributed by atoms with E-state index in [9.17, 15) is 14.0 Å². The lowest BCUT2D eigenvalue weighted by Gasteiger charge is -2.37. The smallest absolute Gasteiger partial charge is 0.254 e. The van der Waals surface area contributed by atoms with Gasteiger partial charge in [0, 0.05) is 29.7 Å². The van der Waals surface area contributed by atoms with Crippen LogP contribution in [0.3, 0.4) is 0 Å². The maximum Gasteiger partial charge on any atom is 0.254 e. The molecule has 2 atom stereocenters. The summed E-state index contributed by atoms with van der Waals surface area (Å²) < 4.78 is 13.5. The van der Waals surface area contributed by atoms with Gasteiger partial charge < -0.3 is 10.6 Å². The van der Waals surface area contributed by atoms with Crippen molar-refractivity contribution in [2.75, 3.05) is 6.54 Å². The largest absolute Gasteiger partial charge is 0.369 e. The average molecular weight is 329 g/mol. The summed E-state index contributed by atoms with van der Waals surface area (Å²) in [5.41, 5.74) is 7.00. The lowest BCUT2D eigenvalue weighted by atomic mass is 9.92. The Kier molecular flexibility index (Phi) is 4.22. The Labute approximate surface area is 139 Å². The summed E-state index contributed by atoms with van der Waals surface area (Å²) >= 11 is 0. The van der Waals surface area contributed by atoms with Crippen molar-refractivity contribution in [3.05, 3.63) is 41.3 Å². The van der Waals surface area contributed by atoms with Gasteiger partial charge in [-0.25, -0.2) is 4.39 Å². The molecule has 0 aliphatic carbocycles. The van der Waals surface area contributed by atoms with Crippen molar-refractivity contribution in [3.8, 4) is 0 Å². The van der Waals surface area contributed by atoms with Crippen LogP contribution in [0.25, 0.3) is 10.9 Å². The number of carbonyl (C=O) groups is 2. The summed E-state index contributed by atoms with van der Waals surface area (Å²) in [7, 11) is 0. The van der Waals surface area contributed by atoms with E-state index in [1.54, 1.807) is 24.0 Å². The summed E-state index contributed by atoms with van der Waals surface area (Å²) in [4.78, 5) is 30.6. The first-order chi connectivity index (χ1) is 11.4. The number of benzene rings is 1. The number of piperidine rings is 1. The van der Waals surface area contributed by atoms with E-state index in [-0.39, 0.29) is 29.6 Å². The molecule has 1 aromatic heterocycles. The van der Waals surface area contributed by atoms with Crippen LogP contribution < -0.4 is 5.73 Å². The first-order valence-electron chi connectivity index (χ1n) is 8.04. The van der Waals surface area contributed by atoms with Crippen molar-refractivity contribution in [2.45, 2.75) is 32.7 Å². The van der Waals surface area contributed by atoms with Crippen LogP contribution in [0, 0.1) is 18.7 Å². The van der Waals surface area contributed by atoms with Gasteiger partial charge in [0.25, 0.3) is 5.91 Å². The van der Waals surface area contributed by atoms with Crippen LogP contribution in [0.2, 0.25) is 0 Å². The van der Waals surface area contributed by atoms with Crippen molar-refractivity contribution in [3.63, 3.8) is 0 Å². The molecule has 1 aliphatic heterocycles. The first kappa shape index (κ1) is 16.4. The summed E-state index contributed by atoms with van der Waals surface area (Å²) in [6.45, 7) is 4.05. The second kappa shape index (κ2) is 6.19. The summed E-state index contributed by atoms with van der Waals surface area (Å²) in [5.74, 6) is -1.26. The fraction of sp³-hybridized carbons (Fsp3) is 0.389. The maximum atomic E-state index is 13.5. The SMILES string of the molecule is Cc1cc(C(=O)N2C[C@@H](C(N)=O)CC[C@H]2C)c2ccc(F)cc2n1. The molecule has 5 nitrogen and oxygen atoms in total. The molecule has 0 radical (unpaired) electrons. The number of nitrogens with zero attached hydrogens (tertiary/aromatic N) is 2. The number of carbonyl (C=O) groups excluding carboxylic acids is 2. The van der Waals surface area contributed by atoms with Crippen molar-refractivity contribution >= 4 is 22.7 Å². The van der Waals surface area contributed by atoms with Gasteiger partial charge in [-0.3, -0.25) is 14.6 Å². The predicted molar refractivity (Wildman–Crippen MR) is 88.9 cm³/mol. The fourth-order valence-corrected chi connectivity index (χ4v) is 3.29. The highest BCUT2D eigenvalue weighted by atomic mass is 19.1. The summed E-state index contributed by atoms with van der Waals surface area (Å²) in [5, 5.41) is 0.611. The van der Waals surface area contributed by atoms with E-state index < -0.39 is 0 Å². The van der Waals surface area contributed by atoms with E-state index in [1.807, 2.05) is 6.92 Å². The third-order valence-corrected chi connectivity index (χ3v) is 4.68. The van der Waals surface area contributed by atoms with E-state index in [2.05, 4.69) is 4.98 Å². The van der Waals surface area contributed by atoms with Gasteiger partial charge in [-0.2, -0.15) is 0 Å². The van der Waals surface area contributed by atoms with Crippen molar-refractivity contribution in [1.82, 2.24) is 9.88 Å². The lowest BCUT2D eigenvalue weighted by molar-refractivity contribution is -0.123. The number of likely N-dealkylation sites (tertiary alicyclic amines) is 1. The van der Waals surface area contributed by atoms with Gasteiger partial charge >= 0.3 is 0 Å². The molecule has 0 spiro atoms. The molecule has 2 aromatic rings. The third kappa shape index (κ3) is 2.96. The quantitative estimate of drug-likeness (QED) is 0.919. The average Bonchev–Trinajstić information content (AvgIpc) is 2.53. The molecular formula is C18H20FN3O2. The number of halogens is 1. The zero-order chi connectivity index (χ0) is 17.4. The van der Waals surface area contributed by atoms with Gasteiger partial charge in [-0.1, -0.05) is 0 Å². The van der Waals surface area contributed by atoms with Crippen LogP contribution in [-0.2, 0) is 4.79 Å². The first-order valence-corrected chi connectivity index (χ1v) is 8.04. The fourth-order valence-electron chi connectivity index (χ4n) is 3.29. The normalized spacial score (nSPS) is 21.0. The topological polar surface area (TPSA) is 76.3 Å². The molecule has 2 amide bonds. The predicted octanol–water partition coefficient (Wildman–Crippen LogP) is 2.41. The molecule has 2 N–H and O–H groups in total. The van der Waals surface area contributed by atoms with Gasteiger partial charge in [0.15, 0.2) is 0 Å². The van der Waals surface area contributed by atoms with Gasteiger partial charge in [0.05, 0.1) is 17.0 Å². The van der Waals surface area contributed by atoms with Crippen molar-refractivity contribution in [1.29, 1.82) is 0 Å². The third-order valence-electron chi connectivity index (χ3n) is 4.68. The maximum absolute atomic E-state index is 13.5.